The molecule has 0 radical (unpaired) electrons. The first kappa shape index (κ1) is 21.5. The van der Waals surface area contributed by atoms with Crippen LogP contribution in [-0.2, 0) is 21.2 Å². The second kappa shape index (κ2) is 8.09. The molecule has 7 heteroatoms. The summed E-state index contributed by atoms with van der Waals surface area (Å²) in [5.41, 5.74) is 3.92. The number of aryl methyl sites for hydroxylation is 3. The summed E-state index contributed by atoms with van der Waals surface area (Å²) in [7, 11) is -3.55. The molecule has 1 amide bonds. The van der Waals surface area contributed by atoms with Crippen molar-refractivity contribution in [3.8, 4) is 0 Å². The average molecular weight is 447 g/mol. The number of fused-ring (bicyclic) bond motifs is 1. The molecule has 2 aromatic rings. The Morgan fingerprint density at radius 3 is 2.33 bits per heavy atom. The van der Waals surface area contributed by atoms with Gasteiger partial charge in [0.2, 0.25) is 15.9 Å². The molecule has 1 fully saturated rings. The highest BCUT2D eigenvalue weighted by molar-refractivity contribution is 7.89. The van der Waals surface area contributed by atoms with Crippen molar-refractivity contribution in [3.63, 3.8) is 0 Å². The highest BCUT2D eigenvalue weighted by atomic mass is 32.2. The molecule has 1 aromatic carbocycles. The van der Waals surface area contributed by atoms with Crippen molar-refractivity contribution in [1.29, 1.82) is 0 Å². The van der Waals surface area contributed by atoms with E-state index < -0.39 is 10.0 Å². The standard InChI is InChI=1S/C23H30N2O3S2/c1-15-13-16(2)22(17(3)14-15)30(27,28)24-9-5-19(6-10-24)23(26)25-11-7-21-20(18(25)4)8-12-29-21/h8,12-14,18-19H,5-7,9-11H2,1-4H3. The molecule has 0 saturated carbocycles. The molecule has 4 rings (SSSR count). The Hall–Kier alpha value is -1.70. The van der Waals surface area contributed by atoms with Gasteiger partial charge in [-0.05, 0) is 75.1 Å². The second-order valence-corrected chi connectivity index (χ2v) is 11.5. The fourth-order valence-corrected chi connectivity index (χ4v) is 7.94. The van der Waals surface area contributed by atoms with E-state index in [1.165, 1.54) is 10.4 Å². The van der Waals surface area contributed by atoms with Crippen molar-refractivity contribution in [2.45, 2.75) is 57.9 Å². The van der Waals surface area contributed by atoms with Crippen LogP contribution in [-0.4, -0.2) is 43.2 Å². The van der Waals surface area contributed by atoms with Gasteiger partial charge in [-0.1, -0.05) is 17.7 Å². The van der Waals surface area contributed by atoms with Crippen LogP contribution in [0.15, 0.2) is 28.5 Å². The van der Waals surface area contributed by atoms with E-state index in [2.05, 4.69) is 18.4 Å². The van der Waals surface area contributed by atoms with Gasteiger partial charge < -0.3 is 4.90 Å². The van der Waals surface area contributed by atoms with Crippen LogP contribution in [0.4, 0.5) is 0 Å². The van der Waals surface area contributed by atoms with Gasteiger partial charge in [-0.25, -0.2) is 8.42 Å². The summed E-state index contributed by atoms with van der Waals surface area (Å²) in [6.07, 6.45) is 2.09. The number of thiophene rings is 1. The van der Waals surface area contributed by atoms with Gasteiger partial charge in [-0.2, -0.15) is 4.31 Å². The van der Waals surface area contributed by atoms with E-state index in [-0.39, 0.29) is 17.9 Å². The van der Waals surface area contributed by atoms with Crippen molar-refractivity contribution < 1.29 is 13.2 Å². The summed E-state index contributed by atoms with van der Waals surface area (Å²) >= 11 is 1.77. The quantitative estimate of drug-likeness (QED) is 0.709. The summed E-state index contributed by atoms with van der Waals surface area (Å²) in [6, 6.07) is 6.08. The fourth-order valence-electron chi connectivity index (χ4n) is 5.09. The monoisotopic (exact) mass is 446 g/mol. The lowest BCUT2D eigenvalue weighted by atomic mass is 9.93. The van der Waals surface area contributed by atoms with E-state index in [0.29, 0.717) is 30.8 Å². The molecule has 3 heterocycles. The number of nitrogens with zero attached hydrogens (tertiary/aromatic N) is 2. The van der Waals surface area contributed by atoms with Crippen LogP contribution in [0.2, 0.25) is 0 Å². The maximum absolute atomic E-state index is 13.3. The summed E-state index contributed by atoms with van der Waals surface area (Å²) in [5.74, 6) is 0.0818. The number of rotatable bonds is 3. The number of amides is 1. The van der Waals surface area contributed by atoms with E-state index in [1.54, 1.807) is 15.6 Å². The lowest BCUT2D eigenvalue weighted by molar-refractivity contribution is -0.139. The Bertz CT molecular complexity index is 1040. The van der Waals surface area contributed by atoms with Gasteiger partial charge in [0, 0.05) is 30.4 Å². The highest BCUT2D eigenvalue weighted by Gasteiger charge is 2.37. The van der Waals surface area contributed by atoms with Crippen LogP contribution >= 0.6 is 11.3 Å². The molecule has 2 aliphatic rings. The fraction of sp³-hybridized carbons (Fsp3) is 0.522. The Kier molecular flexibility index (Phi) is 5.81. The van der Waals surface area contributed by atoms with Crippen LogP contribution in [0.1, 0.15) is 52.9 Å². The molecule has 1 aromatic heterocycles. The molecule has 1 unspecified atom stereocenters. The third-order valence-corrected chi connectivity index (χ3v) is 9.77. The van der Waals surface area contributed by atoms with Crippen molar-refractivity contribution in [2.24, 2.45) is 5.92 Å². The molecule has 1 atom stereocenters. The van der Waals surface area contributed by atoms with Crippen molar-refractivity contribution in [2.75, 3.05) is 19.6 Å². The van der Waals surface area contributed by atoms with Gasteiger partial charge in [0.1, 0.15) is 0 Å². The Balaban J connectivity index is 1.46. The predicted octanol–water partition coefficient (Wildman–Crippen LogP) is 4.22. The van der Waals surface area contributed by atoms with Crippen molar-refractivity contribution >= 4 is 27.3 Å². The van der Waals surface area contributed by atoms with E-state index in [9.17, 15) is 13.2 Å². The number of carbonyl (C=O) groups excluding carboxylic acids is 1. The zero-order valence-electron chi connectivity index (χ0n) is 18.1. The second-order valence-electron chi connectivity index (χ2n) is 8.66. The normalized spacial score (nSPS) is 20.9. The minimum atomic E-state index is -3.55. The first-order chi connectivity index (χ1) is 14.2. The largest absolute Gasteiger partial charge is 0.335 e. The van der Waals surface area contributed by atoms with E-state index in [0.717, 1.165) is 29.7 Å². The van der Waals surface area contributed by atoms with Gasteiger partial charge in [0.15, 0.2) is 0 Å². The van der Waals surface area contributed by atoms with Gasteiger partial charge >= 0.3 is 0 Å². The number of hydrogen-bond donors (Lipinski definition) is 0. The predicted molar refractivity (Wildman–Crippen MR) is 120 cm³/mol. The molecule has 0 aliphatic carbocycles. The molecule has 0 bridgehead atoms. The van der Waals surface area contributed by atoms with Crippen molar-refractivity contribution in [3.05, 3.63) is 50.7 Å². The molecule has 0 spiro atoms. The van der Waals surface area contributed by atoms with Gasteiger partial charge in [0.25, 0.3) is 0 Å². The van der Waals surface area contributed by atoms with E-state index in [1.807, 2.05) is 37.8 Å². The zero-order valence-corrected chi connectivity index (χ0v) is 19.8. The van der Waals surface area contributed by atoms with Crippen LogP contribution in [0.3, 0.4) is 0 Å². The minimum absolute atomic E-state index is 0.0979. The van der Waals surface area contributed by atoms with Gasteiger partial charge in [0.05, 0.1) is 10.9 Å². The molecule has 2 aliphatic heterocycles. The summed E-state index contributed by atoms with van der Waals surface area (Å²) in [4.78, 5) is 17.0. The van der Waals surface area contributed by atoms with Crippen LogP contribution in [0, 0.1) is 26.7 Å². The van der Waals surface area contributed by atoms with Crippen LogP contribution < -0.4 is 0 Å². The summed E-state index contributed by atoms with van der Waals surface area (Å²) in [6.45, 7) is 9.36. The highest BCUT2D eigenvalue weighted by Crippen LogP contribution is 2.35. The minimum Gasteiger partial charge on any atom is -0.335 e. The van der Waals surface area contributed by atoms with E-state index in [4.69, 9.17) is 0 Å². The summed E-state index contributed by atoms with van der Waals surface area (Å²) < 4.78 is 28.2. The molecular formula is C23H30N2O3S2. The van der Waals surface area contributed by atoms with Crippen LogP contribution in [0.25, 0.3) is 0 Å². The lowest BCUT2D eigenvalue weighted by Crippen LogP contribution is -2.46. The molecule has 5 nitrogen and oxygen atoms in total. The average Bonchev–Trinajstić information content (AvgIpc) is 3.16. The van der Waals surface area contributed by atoms with E-state index >= 15 is 0 Å². The Labute approximate surface area is 183 Å². The molecular weight excluding hydrogens is 416 g/mol. The molecule has 30 heavy (non-hydrogen) atoms. The zero-order chi connectivity index (χ0) is 21.6. The number of hydrogen-bond acceptors (Lipinski definition) is 4. The summed E-state index contributed by atoms with van der Waals surface area (Å²) in [5, 5.41) is 2.10. The maximum Gasteiger partial charge on any atom is 0.243 e. The third-order valence-electron chi connectivity index (χ3n) is 6.57. The maximum atomic E-state index is 13.3. The van der Waals surface area contributed by atoms with Gasteiger partial charge in [-0.15, -0.1) is 11.3 Å². The number of carbonyl (C=O) groups is 1. The Morgan fingerprint density at radius 2 is 1.70 bits per heavy atom. The van der Waals surface area contributed by atoms with Crippen LogP contribution in [0.5, 0.6) is 0 Å². The number of sulfonamides is 1. The molecule has 0 N–H and O–H groups in total. The first-order valence-electron chi connectivity index (χ1n) is 10.6. The SMILES string of the molecule is Cc1cc(C)c(S(=O)(=O)N2CCC(C(=O)N3CCc4sccc4C3C)CC2)c(C)c1. The molecule has 1 saturated heterocycles. The molecule has 162 valence electrons. The Morgan fingerprint density at radius 1 is 1.07 bits per heavy atom. The number of benzene rings is 1. The smallest absolute Gasteiger partial charge is 0.243 e. The lowest BCUT2D eigenvalue weighted by Gasteiger charge is -2.38. The number of piperidine rings is 1. The van der Waals surface area contributed by atoms with Gasteiger partial charge in [-0.3, -0.25) is 4.79 Å². The van der Waals surface area contributed by atoms with Crippen molar-refractivity contribution in [1.82, 2.24) is 9.21 Å². The first-order valence-corrected chi connectivity index (χ1v) is 13.0. The third kappa shape index (κ3) is 3.72. The topological polar surface area (TPSA) is 57.7 Å².